The number of para-hydroxylation sites is 3. The fraction of sp³-hybridized carbons (Fsp3) is 0.138. The van der Waals surface area contributed by atoms with Crippen molar-refractivity contribution in [2.24, 2.45) is 5.92 Å². The number of furan rings is 1. The molecule has 1 heterocycles. The number of amides is 3. The summed E-state index contributed by atoms with van der Waals surface area (Å²) in [4.78, 5) is 39.2. The van der Waals surface area contributed by atoms with E-state index in [2.05, 4.69) is 16.1 Å². The highest BCUT2D eigenvalue weighted by Gasteiger charge is 2.28. The molecule has 0 bridgehead atoms. The van der Waals surface area contributed by atoms with Crippen LogP contribution in [0.5, 0.6) is 0 Å². The highest BCUT2D eigenvalue weighted by Crippen LogP contribution is 2.23. The Balaban J connectivity index is 1.54. The molecule has 0 fully saturated rings. The summed E-state index contributed by atoms with van der Waals surface area (Å²) in [5.41, 5.74) is 5.01. The fourth-order valence-electron chi connectivity index (χ4n) is 3.75. The van der Waals surface area contributed by atoms with Crippen LogP contribution in [0.3, 0.4) is 0 Å². The lowest BCUT2D eigenvalue weighted by Gasteiger charge is -2.29. The predicted molar refractivity (Wildman–Crippen MR) is 142 cm³/mol. The first-order valence-corrected chi connectivity index (χ1v) is 11.9. The van der Waals surface area contributed by atoms with Crippen LogP contribution in [0.25, 0.3) is 0 Å². The summed E-state index contributed by atoms with van der Waals surface area (Å²) in [5, 5.41) is 7.22. The Morgan fingerprint density at radius 1 is 0.730 bits per heavy atom. The van der Waals surface area contributed by atoms with Crippen molar-refractivity contribution in [2.45, 2.75) is 19.9 Å². The Morgan fingerprint density at radius 2 is 1.32 bits per heavy atom. The van der Waals surface area contributed by atoms with Crippen LogP contribution in [0.2, 0.25) is 0 Å². The molecule has 37 heavy (non-hydrogen) atoms. The van der Waals surface area contributed by atoms with Gasteiger partial charge in [0.05, 0.1) is 28.9 Å². The number of hydrogen-bond acceptors (Lipinski definition) is 5. The van der Waals surface area contributed by atoms with Gasteiger partial charge in [-0.25, -0.2) is 0 Å². The van der Waals surface area contributed by atoms with Crippen LogP contribution < -0.4 is 21.1 Å². The van der Waals surface area contributed by atoms with E-state index < -0.39 is 17.9 Å². The van der Waals surface area contributed by atoms with Crippen LogP contribution >= 0.6 is 0 Å². The second-order valence-corrected chi connectivity index (χ2v) is 8.65. The van der Waals surface area contributed by atoms with Crippen LogP contribution in [-0.4, -0.2) is 23.8 Å². The first kappa shape index (κ1) is 25.2. The lowest BCUT2D eigenvalue weighted by atomic mass is 10.0. The molecule has 0 spiro atoms. The number of nitrogens with one attached hydrogen (secondary N) is 3. The molecule has 8 heteroatoms. The molecule has 4 rings (SSSR count). The van der Waals surface area contributed by atoms with Crippen molar-refractivity contribution in [1.29, 1.82) is 0 Å². The molecule has 0 saturated heterocycles. The molecule has 0 aliphatic heterocycles. The van der Waals surface area contributed by atoms with Crippen molar-refractivity contribution < 1.29 is 18.8 Å². The quantitative estimate of drug-likeness (QED) is 0.278. The van der Waals surface area contributed by atoms with Crippen LogP contribution in [0, 0.1) is 5.92 Å². The van der Waals surface area contributed by atoms with E-state index in [9.17, 15) is 14.4 Å². The average Bonchev–Trinajstić information content (AvgIpc) is 3.47. The molecule has 0 radical (unpaired) electrons. The fourth-order valence-corrected chi connectivity index (χ4v) is 3.75. The molecule has 1 aromatic heterocycles. The van der Waals surface area contributed by atoms with Gasteiger partial charge >= 0.3 is 0 Å². The van der Waals surface area contributed by atoms with E-state index in [-0.39, 0.29) is 23.1 Å². The highest BCUT2D eigenvalue weighted by molar-refractivity contribution is 6.08. The lowest BCUT2D eigenvalue weighted by molar-refractivity contribution is -0.123. The zero-order valence-electron chi connectivity index (χ0n) is 20.5. The van der Waals surface area contributed by atoms with Gasteiger partial charge in [0, 0.05) is 0 Å². The van der Waals surface area contributed by atoms with Gasteiger partial charge in [0.1, 0.15) is 6.04 Å². The van der Waals surface area contributed by atoms with Gasteiger partial charge in [0.25, 0.3) is 17.7 Å². The minimum Gasteiger partial charge on any atom is -0.459 e. The van der Waals surface area contributed by atoms with Gasteiger partial charge in [-0.2, -0.15) is 0 Å². The SMILES string of the molecule is CC(C)[C@H](NC(=O)c1ccccc1NC(=O)c1ccco1)C(=O)NN(c1ccccc1)c1ccccc1. The van der Waals surface area contributed by atoms with Gasteiger partial charge in [-0.15, -0.1) is 0 Å². The zero-order valence-corrected chi connectivity index (χ0v) is 20.5. The molecule has 8 nitrogen and oxygen atoms in total. The van der Waals surface area contributed by atoms with E-state index in [1.807, 2.05) is 74.5 Å². The van der Waals surface area contributed by atoms with E-state index in [0.717, 1.165) is 11.4 Å². The molecule has 3 N–H and O–H groups in total. The predicted octanol–water partition coefficient (Wildman–Crippen LogP) is 5.16. The molecule has 1 atom stereocenters. The lowest BCUT2D eigenvalue weighted by Crippen LogP contribution is -2.53. The third kappa shape index (κ3) is 6.24. The third-order valence-electron chi connectivity index (χ3n) is 5.65. The molecule has 0 aliphatic carbocycles. The number of carbonyl (C=O) groups excluding carboxylic acids is 3. The number of hydrogen-bond donors (Lipinski definition) is 3. The van der Waals surface area contributed by atoms with Crippen molar-refractivity contribution in [1.82, 2.24) is 10.7 Å². The Bertz CT molecular complexity index is 1300. The van der Waals surface area contributed by atoms with Crippen LogP contribution in [-0.2, 0) is 4.79 Å². The smallest absolute Gasteiger partial charge is 0.291 e. The molecule has 0 saturated carbocycles. The minimum atomic E-state index is -0.851. The summed E-state index contributed by atoms with van der Waals surface area (Å²) < 4.78 is 5.14. The van der Waals surface area contributed by atoms with Gasteiger partial charge in [-0.3, -0.25) is 24.8 Å². The molecule has 4 aromatic rings. The third-order valence-corrected chi connectivity index (χ3v) is 5.65. The van der Waals surface area contributed by atoms with E-state index in [0.29, 0.717) is 5.69 Å². The zero-order chi connectivity index (χ0) is 26.2. The van der Waals surface area contributed by atoms with Crippen molar-refractivity contribution >= 4 is 34.8 Å². The summed E-state index contributed by atoms with van der Waals surface area (Å²) in [5.74, 6) is -1.45. The minimum absolute atomic E-state index is 0.122. The summed E-state index contributed by atoms with van der Waals surface area (Å²) in [6.45, 7) is 3.70. The molecule has 3 amide bonds. The van der Waals surface area contributed by atoms with Crippen molar-refractivity contribution in [3.63, 3.8) is 0 Å². The Morgan fingerprint density at radius 3 is 1.89 bits per heavy atom. The number of nitrogens with zero attached hydrogens (tertiary/aromatic N) is 1. The van der Waals surface area contributed by atoms with E-state index in [1.54, 1.807) is 35.3 Å². The van der Waals surface area contributed by atoms with Gasteiger partial charge in [-0.1, -0.05) is 62.4 Å². The van der Waals surface area contributed by atoms with Crippen LogP contribution in [0.15, 0.2) is 108 Å². The largest absolute Gasteiger partial charge is 0.459 e. The van der Waals surface area contributed by atoms with Gasteiger partial charge < -0.3 is 15.1 Å². The standard InChI is InChI=1S/C29H28N4O4/c1-20(2)26(29(36)32-33(21-12-5-3-6-13-21)22-14-7-4-8-15-22)31-27(34)23-16-9-10-17-24(23)30-28(35)25-18-11-19-37-25/h3-20,26H,1-2H3,(H,30,35)(H,31,34)(H,32,36)/t26-/m0/s1. The number of carbonyl (C=O) groups is 3. The van der Waals surface area contributed by atoms with E-state index in [1.165, 1.54) is 12.3 Å². The van der Waals surface area contributed by atoms with E-state index in [4.69, 9.17) is 4.42 Å². The molecular weight excluding hydrogens is 468 g/mol. The van der Waals surface area contributed by atoms with E-state index >= 15 is 0 Å². The molecule has 188 valence electrons. The molecular formula is C29H28N4O4. The summed E-state index contributed by atoms with van der Waals surface area (Å²) >= 11 is 0. The second kappa shape index (κ2) is 11.7. The summed E-state index contributed by atoms with van der Waals surface area (Å²) in [6, 6.07) is 27.7. The number of anilines is 3. The maximum atomic E-state index is 13.5. The Kier molecular flexibility index (Phi) is 8.00. The number of benzene rings is 3. The first-order valence-electron chi connectivity index (χ1n) is 11.9. The molecule has 3 aromatic carbocycles. The Hall–Kier alpha value is -4.85. The average molecular weight is 497 g/mol. The highest BCUT2D eigenvalue weighted by atomic mass is 16.3. The van der Waals surface area contributed by atoms with Gasteiger partial charge in [0.15, 0.2) is 5.76 Å². The summed E-state index contributed by atoms with van der Waals surface area (Å²) in [6.07, 6.45) is 1.40. The van der Waals surface area contributed by atoms with Crippen molar-refractivity contribution in [2.75, 3.05) is 10.3 Å². The van der Waals surface area contributed by atoms with Gasteiger partial charge in [0.2, 0.25) is 0 Å². The van der Waals surface area contributed by atoms with Gasteiger partial charge in [-0.05, 0) is 54.4 Å². The van der Waals surface area contributed by atoms with Crippen molar-refractivity contribution in [3.8, 4) is 0 Å². The maximum Gasteiger partial charge on any atom is 0.291 e. The van der Waals surface area contributed by atoms with Crippen LogP contribution in [0.1, 0.15) is 34.8 Å². The van der Waals surface area contributed by atoms with Crippen molar-refractivity contribution in [3.05, 3.63) is 115 Å². The number of hydrazine groups is 1. The first-order chi connectivity index (χ1) is 17.9. The normalized spacial score (nSPS) is 11.4. The molecule has 0 unspecified atom stereocenters. The second-order valence-electron chi connectivity index (χ2n) is 8.65. The van der Waals surface area contributed by atoms with Crippen LogP contribution in [0.4, 0.5) is 17.1 Å². The Labute approximate surface area is 215 Å². The molecule has 0 aliphatic rings. The topological polar surface area (TPSA) is 104 Å². The maximum absolute atomic E-state index is 13.5. The monoisotopic (exact) mass is 496 g/mol. The number of rotatable bonds is 9. The summed E-state index contributed by atoms with van der Waals surface area (Å²) in [7, 11) is 0.